The zero-order valence-electron chi connectivity index (χ0n) is 13.9. The molecule has 1 atom stereocenters. The van der Waals surface area contributed by atoms with Crippen molar-refractivity contribution in [2.75, 3.05) is 20.6 Å². The normalized spacial score (nSPS) is 17.5. The van der Waals surface area contributed by atoms with Gasteiger partial charge >= 0.3 is 0 Å². The quantitative estimate of drug-likeness (QED) is 0.866. The van der Waals surface area contributed by atoms with Crippen LogP contribution in [0.4, 0.5) is 4.39 Å². The lowest BCUT2D eigenvalue weighted by Gasteiger charge is -2.24. The zero-order chi connectivity index (χ0) is 17.1. The Morgan fingerprint density at radius 3 is 2.88 bits per heavy atom. The molecule has 0 saturated carbocycles. The Hall–Kier alpha value is -2.34. The SMILES string of the molecule is CN(C)Cc1ccnc([C@H]2CCCN2C(=O)c2ccccc2F)n1. The summed E-state index contributed by atoms with van der Waals surface area (Å²) in [6.07, 6.45) is 3.39. The summed E-state index contributed by atoms with van der Waals surface area (Å²) in [5.74, 6) is -0.149. The number of rotatable bonds is 4. The van der Waals surface area contributed by atoms with Gasteiger partial charge in [0.2, 0.25) is 0 Å². The average molecular weight is 328 g/mol. The number of benzene rings is 1. The van der Waals surface area contributed by atoms with E-state index < -0.39 is 5.82 Å². The standard InChI is InChI=1S/C18H21FN4O/c1-22(2)12-13-9-10-20-17(21-13)16-8-5-11-23(16)18(24)14-6-3-4-7-15(14)19/h3-4,6-7,9-10,16H,5,8,11-12H2,1-2H3/t16-/m1/s1. The summed E-state index contributed by atoms with van der Waals surface area (Å²) in [7, 11) is 3.96. The van der Waals surface area contributed by atoms with Crippen molar-refractivity contribution in [3.8, 4) is 0 Å². The van der Waals surface area contributed by atoms with Gasteiger partial charge in [-0.3, -0.25) is 4.79 Å². The molecule has 126 valence electrons. The van der Waals surface area contributed by atoms with Crippen LogP contribution in [0.5, 0.6) is 0 Å². The Morgan fingerprint density at radius 2 is 2.12 bits per heavy atom. The molecular formula is C18H21FN4O. The van der Waals surface area contributed by atoms with Gasteiger partial charge in [0, 0.05) is 19.3 Å². The van der Waals surface area contributed by atoms with Gasteiger partial charge in [-0.1, -0.05) is 12.1 Å². The first-order valence-electron chi connectivity index (χ1n) is 8.08. The largest absolute Gasteiger partial charge is 0.328 e. The molecule has 2 heterocycles. The number of aromatic nitrogens is 2. The molecule has 1 aromatic carbocycles. The van der Waals surface area contributed by atoms with E-state index in [1.807, 2.05) is 25.1 Å². The maximum absolute atomic E-state index is 13.9. The van der Waals surface area contributed by atoms with Crippen molar-refractivity contribution < 1.29 is 9.18 Å². The lowest BCUT2D eigenvalue weighted by molar-refractivity contribution is 0.0724. The summed E-state index contributed by atoms with van der Waals surface area (Å²) >= 11 is 0. The van der Waals surface area contributed by atoms with Gasteiger partial charge in [-0.25, -0.2) is 14.4 Å². The summed E-state index contributed by atoms with van der Waals surface area (Å²) < 4.78 is 13.9. The molecular weight excluding hydrogens is 307 g/mol. The monoisotopic (exact) mass is 328 g/mol. The molecule has 0 unspecified atom stereocenters. The number of nitrogens with zero attached hydrogens (tertiary/aromatic N) is 4. The number of carbonyl (C=O) groups is 1. The Balaban J connectivity index is 1.86. The van der Waals surface area contributed by atoms with Crippen molar-refractivity contribution in [1.82, 2.24) is 19.8 Å². The highest BCUT2D eigenvalue weighted by molar-refractivity contribution is 5.94. The number of hydrogen-bond acceptors (Lipinski definition) is 4. The minimum absolute atomic E-state index is 0.105. The third-order valence-electron chi connectivity index (χ3n) is 4.13. The van der Waals surface area contributed by atoms with Crippen LogP contribution in [0.3, 0.4) is 0 Å². The molecule has 1 aromatic heterocycles. The second-order valence-corrected chi connectivity index (χ2v) is 6.28. The molecule has 1 aliphatic rings. The van der Waals surface area contributed by atoms with Gasteiger partial charge in [-0.05, 0) is 45.1 Å². The lowest BCUT2D eigenvalue weighted by Crippen LogP contribution is -2.32. The van der Waals surface area contributed by atoms with Gasteiger partial charge in [0.05, 0.1) is 17.3 Å². The van der Waals surface area contributed by atoms with Gasteiger partial charge in [-0.15, -0.1) is 0 Å². The number of halogens is 1. The predicted octanol–water partition coefficient (Wildman–Crippen LogP) is 2.65. The first kappa shape index (κ1) is 16.5. The summed E-state index contributed by atoms with van der Waals surface area (Å²) in [5.41, 5.74) is 1.02. The third kappa shape index (κ3) is 3.43. The van der Waals surface area contributed by atoms with E-state index in [1.54, 1.807) is 23.2 Å². The second-order valence-electron chi connectivity index (χ2n) is 6.28. The molecule has 5 nitrogen and oxygen atoms in total. The molecule has 3 rings (SSSR count). The van der Waals surface area contributed by atoms with Crippen LogP contribution in [0, 0.1) is 5.82 Å². The maximum Gasteiger partial charge on any atom is 0.257 e. The van der Waals surface area contributed by atoms with E-state index >= 15 is 0 Å². The molecule has 0 aliphatic carbocycles. The van der Waals surface area contributed by atoms with Gasteiger partial charge in [0.15, 0.2) is 5.82 Å². The molecule has 0 radical (unpaired) electrons. The number of likely N-dealkylation sites (tertiary alicyclic amines) is 1. The number of hydrogen-bond donors (Lipinski definition) is 0. The number of amides is 1. The van der Waals surface area contributed by atoms with Gasteiger partial charge < -0.3 is 9.80 Å². The van der Waals surface area contributed by atoms with E-state index in [4.69, 9.17) is 0 Å². The molecule has 0 N–H and O–H groups in total. The Kier molecular flexibility index (Phi) is 4.85. The topological polar surface area (TPSA) is 49.3 Å². The fourth-order valence-corrected chi connectivity index (χ4v) is 3.05. The molecule has 0 spiro atoms. The third-order valence-corrected chi connectivity index (χ3v) is 4.13. The lowest BCUT2D eigenvalue weighted by atomic mass is 10.1. The minimum Gasteiger partial charge on any atom is -0.328 e. The van der Waals surface area contributed by atoms with Crippen LogP contribution in [0.15, 0.2) is 36.5 Å². The van der Waals surface area contributed by atoms with E-state index in [-0.39, 0.29) is 17.5 Å². The molecule has 0 bridgehead atoms. The first-order chi connectivity index (χ1) is 11.6. The number of carbonyl (C=O) groups excluding carboxylic acids is 1. The zero-order valence-corrected chi connectivity index (χ0v) is 13.9. The molecule has 1 saturated heterocycles. The van der Waals surface area contributed by atoms with Crippen molar-refractivity contribution in [3.63, 3.8) is 0 Å². The summed E-state index contributed by atoms with van der Waals surface area (Å²) in [5, 5.41) is 0. The Bertz CT molecular complexity index is 734. The van der Waals surface area contributed by atoms with Crippen LogP contribution in [0.25, 0.3) is 0 Å². The summed E-state index contributed by atoms with van der Waals surface area (Å²) in [6.45, 7) is 1.31. The Morgan fingerprint density at radius 1 is 1.33 bits per heavy atom. The smallest absolute Gasteiger partial charge is 0.257 e. The summed E-state index contributed by atoms with van der Waals surface area (Å²) in [6, 6.07) is 7.78. The van der Waals surface area contributed by atoms with Crippen molar-refractivity contribution in [1.29, 1.82) is 0 Å². The molecule has 24 heavy (non-hydrogen) atoms. The molecule has 1 fully saturated rings. The predicted molar refractivity (Wildman–Crippen MR) is 88.8 cm³/mol. The van der Waals surface area contributed by atoms with Crippen LogP contribution in [0.1, 0.15) is 40.8 Å². The van der Waals surface area contributed by atoms with E-state index in [9.17, 15) is 9.18 Å². The van der Waals surface area contributed by atoms with Crippen molar-refractivity contribution in [2.24, 2.45) is 0 Å². The molecule has 2 aromatic rings. The molecule has 6 heteroatoms. The second kappa shape index (κ2) is 7.05. The average Bonchev–Trinajstić information content (AvgIpc) is 3.04. The fraction of sp³-hybridized carbons (Fsp3) is 0.389. The van der Waals surface area contributed by atoms with Crippen LogP contribution in [-0.4, -0.2) is 46.3 Å². The highest BCUT2D eigenvalue weighted by Crippen LogP contribution is 2.31. The van der Waals surface area contributed by atoms with Crippen LogP contribution in [-0.2, 0) is 6.54 Å². The van der Waals surface area contributed by atoms with E-state index in [2.05, 4.69) is 9.97 Å². The van der Waals surface area contributed by atoms with Crippen LogP contribution < -0.4 is 0 Å². The van der Waals surface area contributed by atoms with Gasteiger partial charge in [0.1, 0.15) is 5.82 Å². The van der Waals surface area contributed by atoms with E-state index in [0.29, 0.717) is 18.9 Å². The molecule has 1 aliphatic heterocycles. The minimum atomic E-state index is -0.490. The van der Waals surface area contributed by atoms with Crippen LogP contribution in [0.2, 0.25) is 0 Å². The van der Waals surface area contributed by atoms with Crippen molar-refractivity contribution >= 4 is 5.91 Å². The highest BCUT2D eigenvalue weighted by atomic mass is 19.1. The van der Waals surface area contributed by atoms with Crippen molar-refractivity contribution in [3.05, 3.63) is 59.4 Å². The maximum atomic E-state index is 13.9. The van der Waals surface area contributed by atoms with E-state index in [1.165, 1.54) is 12.1 Å². The first-order valence-corrected chi connectivity index (χ1v) is 8.08. The molecule has 1 amide bonds. The van der Waals surface area contributed by atoms with Crippen molar-refractivity contribution in [2.45, 2.75) is 25.4 Å². The van der Waals surface area contributed by atoms with Gasteiger partial charge in [-0.2, -0.15) is 0 Å². The fourth-order valence-electron chi connectivity index (χ4n) is 3.05. The van der Waals surface area contributed by atoms with Gasteiger partial charge in [0.25, 0.3) is 5.91 Å². The Labute approximate surface area is 141 Å². The van der Waals surface area contributed by atoms with E-state index in [0.717, 1.165) is 18.5 Å². The summed E-state index contributed by atoms with van der Waals surface area (Å²) in [4.78, 5) is 25.4. The van der Waals surface area contributed by atoms with Crippen LogP contribution >= 0.6 is 0 Å². The highest BCUT2D eigenvalue weighted by Gasteiger charge is 2.33.